The van der Waals surface area contributed by atoms with Crippen LogP contribution in [0.15, 0.2) is 11.3 Å². The van der Waals surface area contributed by atoms with Crippen molar-refractivity contribution in [2.24, 2.45) is 0 Å². The van der Waals surface area contributed by atoms with Gasteiger partial charge in [0.2, 0.25) is 0 Å². The molecule has 0 aliphatic heterocycles. The number of halogens is 1. The van der Waals surface area contributed by atoms with E-state index in [1.165, 1.54) is 13.0 Å². The Morgan fingerprint density at radius 2 is 2.33 bits per heavy atom. The van der Waals surface area contributed by atoms with Crippen LogP contribution in [0.1, 0.15) is 6.92 Å². The van der Waals surface area contributed by atoms with Gasteiger partial charge in [0.1, 0.15) is 18.5 Å². The van der Waals surface area contributed by atoms with Gasteiger partial charge < -0.3 is 10.4 Å². The highest BCUT2D eigenvalue weighted by atomic mass is 19.1. The molecule has 0 saturated heterocycles. The fourth-order valence-corrected chi connectivity index (χ4v) is 0.545. The molecule has 0 aromatic carbocycles. The molecule has 66 valence electrons. The molecule has 0 atom stereocenters. The molecule has 0 saturated carbocycles. The molecule has 0 aromatic rings. The number of carbonyl (C=O) groups is 1. The molecule has 4 nitrogen and oxygen atoms in total. The van der Waals surface area contributed by atoms with Gasteiger partial charge >= 0.3 is 0 Å². The number of aliphatic hydroxyl groups excluding tert-OH is 1. The van der Waals surface area contributed by atoms with E-state index in [0.717, 1.165) is 0 Å². The number of nitriles is 1. The van der Waals surface area contributed by atoms with E-state index >= 15 is 0 Å². The zero-order chi connectivity index (χ0) is 9.56. The van der Waals surface area contributed by atoms with Crippen molar-refractivity contribution >= 4 is 5.91 Å². The summed E-state index contributed by atoms with van der Waals surface area (Å²) in [5, 5.41) is 19.2. The van der Waals surface area contributed by atoms with Crippen LogP contribution < -0.4 is 5.32 Å². The molecular weight excluding hydrogens is 163 g/mol. The first-order valence-corrected chi connectivity index (χ1v) is 3.27. The van der Waals surface area contributed by atoms with Crippen molar-refractivity contribution in [3.05, 3.63) is 11.3 Å². The molecule has 5 heteroatoms. The summed E-state index contributed by atoms with van der Waals surface area (Å²) in [5.74, 6) is -1.12. The molecule has 0 radical (unpaired) electrons. The fraction of sp³-hybridized carbons (Fsp3) is 0.429. The molecule has 0 aromatic heterocycles. The Hall–Kier alpha value is -1.57. The number of alkyl halides is 1. The van der Waals surface area contributed by atoms with Gasteiger partial charge in [0.15, 0.2) is 5.57 Å². The van der Waals surface area contributed by atoms with Gasteiger partial charge in [-0.05, 0) is 6.92 Å². The second kappa shape index (κ2) is 5.13. The lowest BCUT2D eigenvalue weighted by Gasteiger charge is -2.00. The van der Waals surface area contributed by atoms with Crippen molar-refractivity contribution in [1.82, 2.24) is 5.32 Å². The van der Waals surface area contributed by atoms with Crippen LogP contribution in [-0.2, 0) is 4.79 Å². The molecule has 0 heterocycles. The van der Waals surface area contributed by atoms with Crippen molar-refractivity contribution in [3.63, 3.8) is 0 Å². The maximum Gasteiger partial charge on any atom is 0.265 e. The van der Waals surface area contributed by atoms with Crippen LogP contribution in [0.5, 0.6) is 0 Å². The highest BCUT2D eigenvalue weighted by Gasteiger charge is 2.10. The number of aliphatic hydroxyl groups is 1. The lowest BCUT2D eigenvalue weighted by Crippen LogP contribution is -2.27. The zero-order valence-corrected chi connectivity index (χ0v) is 6.59. The van der Waals surface area contributed by atoms with Gasteiger partial charge in [-0.15, -0.1) is 0 Å². The second-order valence-corrected chi connectivity index (χ2v) is 2.02. The summed E-state index contributed by atoms with van der Waals surface area (Å²) in [7, 11) is 0. The molecule has 0 aliphatic rings. The molecule has 0 rings (SSSR count). The molecular formula is C7H9FN2O2. The third kappa shape index (κ3) is 3.01. The molecule has 0 bridgehead atoms. The summed E-state index contributed by atoms with van der Waals surface area (Å²) in [5.41, 5.74) is -0.386. The van der Waals surface area contributed by atoms with Crippen LogP contribution in [0.25, 0.3) is 0 Å². The van der Waals surface area contributed by atoms with Gasteiger partial charge in [0.25, 0.3) is 5.91 Å². The van der Waals surface area contributed by atoms with Crippen LogP contribution in [-0.4, -0.2) is 24.2 Å². The van der Waals surface area contributed by atoms with Gasteiger partial charge in [0, 0.05) is 6.54 Å². The number of allylic oxidation sites excluding steroid dienone is 1. The number of carbonyl (C=O) groups excluding carboxylic acids is 1. The Balaban J connectivity index is 4.28. The first-order valence-electron chi connectivity index (χ1n) is 3.27. The third-order valence-corrected chi connectivity index (χ3v) is 1.08. The highest BCUT2D eigenvalue weighted by molar-refractivity contribution is 5.97. The van der Waals surface area contributed by atoms with Crippen molar-refractivity contribution in [3.8, 4) is 6.07 Å². The minimum atomic E-state index is -0.754. The van der Waals surface area contributed by atoms with E-state index in [0.29, 0.717) is 0 Å². The van der Waals surface area contributed by atoms with Gasteiger partial charge in [-0.3, -0.25) is 4.79 Å². The van der Waals surface area contributed by atoms with E-state index in [4.69, 9.17) is 10.4 Å². The molecule has 2 N–H and O–H groups in total. The van der Waals surface area contributed by atoms with E-state index in [2.05, 4.69) is 5.32 Å². The number of hydrogen-bond donors (Lipinski definition) is 2. The molecule has 0 fully saturated rings. The first-order chi connectivity index (χ1) is 5.63. The monoisotopic (exact) mass is 172 g/mol. The average molecular weight is 172 g/mol. The van der Waals surface area contributed by atoms with E-state index in [9.17, 15) is 9.18 Å². The lowest BCUT2D eigenvalue weighted by molar-refractivity contribution is -0.117. The third-order valence-electron chi connectivity index (χ3n) is 1.08. The predicted octanol–water partition coefficient (Wildman–Crippen LogP) is 0.428. The predicted molar refractivity (Wildman–Crippen MR) is 39.9 cm³/mol. The highest BCUT2D eigenvalue weighted by Crippen LogP contribution is 1.98. The van der Waals surface area contributed by atoms with Crippen molar-refractivity contribution < 1.29 is 14.3 Å². The molecule has 12 heavy (non-hydrogen) atoms. The largest absolute Gasteiger partial charge is 0.511 e. The number of hydrogen-bond acceptors (Lipinski definition) is 3. The Morgan fingerprint density at radius 1 is 1.75 bits per heavy atom. The normalized spacial score (nSPS) is 11.4. The first kappa shape index (κ1) is 10.4. The average Bonchev–Trinajstić information content (AvgIpc) is 2.01. The van der Waals surface area contributed by atoms with E-state index in [1.54, 1.807) is 0 Å². The summed E-state index contributed by atoms with van der Waals surface area (Å²) in [6.45, 7) is 0.361. The summed E-state index contributed by atoms with van der Waals surface area (Å²) < 4.78 is 11.5. The van der Waals surface area contributed by atoms with E-state index in [-0.39, 0.29) is 17.9 Å². The Kier molecular flexibility index (Phi) is 4.46. The van der Waals surface area contributed by atoms with Crippen LogP contribution in [0.2, 0.25) is 0 Å². The van der Waals surface area contributed by atoms with Gasteiger partial charge in [0.05, 0.1) is 0 Å². The number of nitrogens with zero attached hydrogens (tertiary/aromatic N) is 1. The minimum absolute atomic E-state index is 0.155. The summed E-state index contributed by atoms with van der Waals surface area (Å²) in [6.07, 6.45) is 0. The Bertz CT molecular complexity index is 238. The van der Waals surface area contributed by atoms with Gasteiger partial charge in [-0.25, -0.2) is 4.39 Å². The topological polar surface area (TPSA) is 73.1 Å². The maximum atomic E-state index is 11.5. The quantitative estimate of drug-likeness (QED) is 0.368. The standard InChI is InChI=1S/C7H9FN2O2/c1-5(11)6(4-9)7(12)10-3-2-8/h11H,2-3H2,1H3,(H,10,12). The van der Waals surface area contributed by atoms with Gasteiger partial charge in [-0.1, -0.05) is 0 Å². The summed E-state index contributed by atoms with van der Waals surface area (Å²) in [6, 6.07) is 1.51. The molecule has 0 aliphatic carbocycles. The van der Waals surface area contributed by atoms with E-state index < -0.39 is 12.6 Å². The molecule has 0 unspecified atom stereocenters. The fourth-order valence-electron chi connectivity index (χ4n) is 0.545. The van der Waals surface area contributed by atoms with Gasteiger partial charge in [-0.2, -0.15) is 5.26 Å². The summed E-state index contributed by atoms with van der Waals surface area (Å²) in [4.78, 5) is 10.9. The molecule has 0 spiro atoms. The zero-order valence-electron chi connectivity index (χ0n) is 6.59. The van der Waals surface area contributed by atoms with Crippen LogP contribution in [0.3, 0.4) is 0 Å². The second-order valence-electron chi connectivity index (χ2n) is 2.02. The SMILES string of the molecule is CC(O)=C(C#N)C(=O)NCCF. The minimum Gasteiger partial charge on any atom is -0.511 e. The Labute approximate surface area is 69.3 Å². The van der Waals surface area contributed by atoms with Crippen molar-refractivity contribution in [2.45, 2.75) is 6.92 Å². The van der Waals surface area contributed by atoms with E-state index in [1.807, 2.05) is 0 Å². The van der Waals surface area contributed by atoms with Crippen molar-refractivity contribution in [2.75, 3.05) is 13.2 Å². The van der Waals surface area contributed by atoms with Crippen molar-refractivity contribution in [1.29, 1.82) is 5.26 Å². The van der Waals surface area contributed by atoms with Crippen LogP contribution in [0.4, 0.5) is 4.39 Å². The summed E-state index contributed by atoms with van der Waals surface area (Å²) >= 11 is 0. The Morgan fingerprint density at radius 3 is 2.67 bits per heavy atom. The maximum absolute atomic E-state index is 11.5. The van der Waals surface area contributed by atoms with Crippen LogP contribution in [0, 0.1) is 11.3 Å². The number of nitrogens with one attached hydrogen (secondary N) is 1. The smallest absolute Gasteiger partial charge is 0.265 e. The number of amides is 1. The lowest BCUT2D eigenvalue weighted by atomic mass is 10.2. The molecule has 1 amide bonds. The van der Waals surface area contributed by atoms with Crippen LogP contribution >= 0.6 is 0 Å². The number of rotatable bonds is 3.